The van der Waals surface area contributed by atoms with Crippen molar-refractivity contribution in [2.45, 2.75) is 18.9 Å². The molecule has 3 N–H and O–H groups in total. The summed E-state index contributed by atoms with van der Waals surface area (Å²) in [7, 11) is 0. The topological polar surface area (TPSA) is 46.2 Å². The highest BCUT2D eigenvalue weighted by Gasteiger charge is 2.15. The first-order valence-electron chi connectivity index (χ1n) is 4.57. The standard InChI is InChI=1S/C10H12F3NO/c11-7-5-9(13)8(12)4-6(7)10(14)2-1-3-15/h4-5,10,15H,1-3,14H2/t10-/m1/s1. The average molecular weight is 219 g/mol. The molecular formula is C10H12F3NO. The molecule has 1 aromatic carbocycles. The van der Waals surface area contributed by atoms with Gasteiger partial charge in [0, 0.05) is 24.3 Å². The summed E-state index contributed by atoms with van der Waals surface area (Å²) in [5.74, 6) is -3.21. The van der Waals surface area contributed by atoms with Crippen molar-refractivity contribution >= 4 is 0 Å². The number of halogens is 3. The lowest BCUT2D eigenvalue weighted by molar-refractivity contribution is 0.279. The third-order valence-electron chi connectivity index (χ3n) is 2.11. The van der Waals surface area contributed by atoms with Crippen molar-refractivity contribution in [1.82, 2.24) is 0 Å². The van der Waals surface area contributed by atoms with Crippen molar-refractivity contribution in [3.05, 3.63) is 35.1 Å². The molecule has 0 amide bonds. The first-order chi connectivity index (χ1) is 7.06. The predicted octanol–water partition coefficient (Wildman–Crippen LogP) is 1.88. The number of aliphatic hydroxyl groups is 1. The molecule has 0 aliphatic carbocycles. The summed E-state index contributed by atoms with van der Waals surface area (Å²) in [6.07, 6.45) is 0.706. The third kappa shape index (κ3) is 2.94. The zero-order valence-electron chi connectivity index (χ0n) is 8.01. The Morgan fingerprint density at radius 2 is 1.73 bits per heavy atom. The fraction of sp³-hybridized carbons (Fsp3) is 0.400. The Morgan fingerprint density at radius 1 is 1.13 bits per heavy atom. The zero-order chi connectivity index (χ0) is 11.4. The number of nitrogens with two attached hydrogens (primary N) is 1. The molecular weight excluding hydrogens is 207 g/mol. The Kier molecular flexibility index (Phi) is 4.11. The van der Waals surface area contributed by atoms with Gasteiger partial charge in [0.1, 0.15) is 5.82 Å². The lowest BCUT2D eigenvalue weighted by atomic mass is 10.0. The summed E-state index contributed by atoms with van der Waals surface area (Å²) in [6.45, 7) is -0.0704. The van der Waals surface area contributed by atoms with Crippen molar-refractivity contribution < 1.29 is 18.3 Å². The van der Waals surface area contributed by atoms with E-state index in [1.165, 1.54) is 0 Å². The van der Waals surface area contributed by atoms with Crippen LogP contribution in [0.4, 0.5) is 13.2 Å². The highest BCUT2D eigenvalue weighted by atomic mass is 19.2. The van der Waals surface area contributed by atoms with Crippen LogP contribution >= 0.6 is 0 Å². The van der Waals surface area contributed by atoms with Crippen molar-refractivity contribution in [3.63, 3.8) is 0 Å². The Balaban J connectivity index is 2.88. The van der Waals surface area contributed by atoms with E-state index in [0.29, 0.717) is 18.9 Å². The van der Waals surface area contributed by atoms with E-state index in [2.05, 4.69) is 0 Å². The van der Waals surface area contributed by atoms with Crippen LogP contribution in [0.25, 0.3) is 0 Å². The van der Waals surface area contributed by atoms with E-state index >= 15 is 0 Å². The second-order valence-corrected chi connectivity index (χ2v) is 3.26. The highest BCUT2D eigenvalue weighted by molar-refractivity contribution is 5.23. The molecule has 0 unspecified atom stereocenters. The zero-order valence-corrected chi connectivity index (χ0v) is 8.01. The maximum atomic E-state index is 13.2. The normalized spacial score (nSPS) is 12.9. The van der Waals surface area contributed by atoms with Crippen LogP contribution < -0.4 is 5.73 Å². The predicted molar refractivity (Wildman–Crippen MR) is 49.6 cm³/mol. The number of benzene rings is 1. The van der Waals surface area contributed by atoms with E-state index in [4.69, 9.17) is 10.8 Å². The summed E-state index contributed by atoms with van der Waals surface area (Å²) >= 11 is 0. The summed E-state index contributed by atoms with van der Waals surface area (Å²) in [5.41, 5.74) is 5.49. The van der Waals surface area contributed by atoms with E-state index in [0.717, 1.165) is 6.07 Å². The molecule has 1 rings (SSSR count). The van der Waals surface area contributed by atoms with Gasteiger partial charge < -0.3 is 10.8 Å². The maximum absolute atomic E-state index is 13.2. The van der Waals surface area contributed by atoms with E-state index in [1.807, 2.05) is 0 Å². The molecule has 0 fully saturated rings. The SMILES string of the molecule is N[C@H](CCCO)c1cc(F)c(F)cc1F. The molecule has 2 nitrogen and oxygen atoms in total. The van der Waals surface area contributed by atoms with E-state index in [-0.39, 0.29) is 12.2 Å². The van der Waals surface area contributed by atoms with Gasteiger partial charge in [-0.05, 0) is 18.9 Å². The van der Waals surface area contributed by atoms with Gasteiger partial charge in [0.15, 0.2) is 11.6 Å². The van der Waals surface area contributed by atoms with Gasteiger partial charge in [-0.3, -0.25) is 0 Å². The smallest absolute Gasteiger partial charge is 0.161 e. The van der Waals surface area contributed by atoms with Crippen LogP contribution in [0.2, 0.25) is 0 Å². The van der Waals surface area contributed by atoms with Gasteiger partial charge in [-0.2, -0.15) is 0 Å². The van der Waals surface area contributed by atoms with Gasteiger partial charge >= 0.3 is 0 Å². The molecule has 0 saturated heterocycles. The molecule has 1 aromatic rings. The largest absolute Gasteiger partial charge is 0.396 e. The quantitative estimate of drug-likeness (QED) is 0.759. The van der Waals surface area contributed by atoms with Gasteiger partial charge in [0.05, 0.1) is 0 Å². The van der Waals surface area contributed by atoms with Crippen molar-refractivity contribution in [2.24, 2.45) is 5.73 Å². The molecule has 0 radical (unpaired) electrons. The van der Waals surface area contributed by atoms with E-state index in [1.54, 1.807) is 0 Å². The summed E-state index contributed by atoms with van der Waals surface area (Å²) in [4.78, 5) is 0. The number of hydrogen-bond acceptors (Lipinski definition) is 2. The lowest BCUT2D eigenvalue weighted by Crippen LogP contribution is -2.13. The van der Waals surface area contributed by atoms with Gasteiger partial charge in [0.25, 0.3) is 0 Å². The summed E-state index contributed by atoms with van der Waals surface area (Å²) in [6, 6.07) is 0.503. The molecule has 0 heterocycles. The Morgan fingerprint density at radius 3 is 2.33 bits per heavy atom. The molecule has 5 heteroatoms. The summed E-state index contributed by atoms with van der Waals surface area (Å²) < 4.78 is 38.5. The highest BCUT2D eigenvalue weighted by Crippen LogP contribution is 2.21. The fourth-order valence-electron chi connectivity index (χ4n) is 1.29. The van der Waals surface area contributed by atoms with Gasteiger partial charge in [-0.25, -0.2) is 13.2 Å². The minimum Gasteiger partial charge on any atom is -0.396 e. The Labute approximate surface area is 85.5 Å². The van der Waals surface area contributed by atoms with Crippen LogP contribution in [0, 0.1) is 17.5 Å². The van der Waals surface area contributed by atoms with Crippen molar-refractivity contribution in [2.75, 3.05) is 6.61 Å². The van der Waals surface area contributed by atoms with Crippen LogP contribution in [0.5, 0.6) is 0 Å². The number of aliphatic hydroxyl groups excluding tert-OH is 1. The number of hydrogen-bond donors (Lipinski definition) is 2. The minimum atomic E-state index is -1.23. The van der Waals surface area contributed by atoms with Gasteiger partial charge in [-0.1, -0.05) is 0 Å². The van der Waals surface area contributed by atoms with E-state index < -0.39 is 23.5 Å². The lowest BCUT2D eigenvalue weighted by Gasteiger charge is -2.12. The molecule has 1 atom stereocenters. The van der Waals surface area contributed by atoms with Crippen LogP contribution in [0.3, 0.4) is 0 Å². The minimum absolute atomic E-state index is 0.0673. The molecule has 0 aromatic heterocycles. The fourth-order valence-corrected chi connectivity index (χ4v) is 1.29. The van der Waals surface area contributed by atoms with Crippen LogP contribution in [-0.4, -0.2) is 11.7 Å². The molecule has 0 spiro atoms. The molecule has 0 aliphatic heterocycles. The second kappa shape index (κ2) is 5.14. The van der Waals surface area contributed by atoms with Crippen molar-refractivity contribution in [1.29, 1.82) is 0 Å². The third-order valence-corrected chi connectivity index (χ3v) is 2.11. The summed E-state index contributed by atoms with van der Waals surface area (Å²) in [5, 5.41) is 8.55. The molecule has 0 bridgehead atoms. The molecule has 84 valence electrons. The first-order valence-corrected chi connectivity index (χ1v) is 4.57. The average Bonchev–Trinajstić information content (AvgIpc) is 2.20. The monoisotopic (exact) mass is 219 g/mol. The van der Waals surface area contributed by atoms with Gasteiger partial charge in [0.2, 0.25) is 0 Å². The van der Waals surface area contributed by atoms with Crippen LogP contribution in [0.1, 0.15) is 24.4 Å². The van der Waals surface area contributed by atoms with Crippen LogP contribution in [0.15, 0.2) is 12.1 Å². The van der Waals surface area contributed by atoms with Crippen LogP contribution in [-0.2, 0) is 0 Å². The second-order valence-electron chi connectivity index (χ2n) is 3.26. The maximum Gasteiger partial charge on any atom is 0.161 e. The molecule has 0 aliphatic rings. The first kappa shape index (κ1) is 12.0. The molecule has 0 saturated carbocycles. The van der Waals surface area contributed by atoms with Gasteiger partial charge in [-0.15, -0.1) is 0 Å². The Bertz CT molecular complexity index is 344. The van der Waals surface area contributed by atoms with E-state index in [9.17, 15) is 13.2 Å². The number of rotatable bonds is 4. The van der Waals surface area contributed by atoms with Crippen molar-refractivity contribution in [3.8, 4) is 0 Å². The Hall–Kier alpha value is -1.07. The molecule has 15 heavy (non-hydrogen) atoms.